The maximum Gasteiger partial charge on any atom is 0.306 e. The van der Waals surface area contributed by atoms with Crippen molar-refractivity contribution in [2.24, 2.45) is 29.1 Å². The zero-order chi connectivity index (χ0) is 24.8. The summed E-state index contributed by atoms with van der Waals surface area (Å²) >= 11 is 0. The molecule has 3 aliphatic carbocycles. The molecule has 0 amide bonds. The van der Waals surface area contributed by atoms with Crippen molar-refractivity contribution < 1.29 is 24.5 Å². The van der Waals surface area contributed by atoms with Crippen LogP contribution in [-0.2, 0) is 20.7 Å². The van der Waals surface area contributed by atoms with Gasteiger partial charge in [0.2, 0.25) is 0 Å². The maximum atomic E-state index is 13.6. The fraction of sp³-hybridized carbons (Fsp3) is 0.586. The van der Waals surface area contributed by atoms with E-state index < -0.39 is 29.7 Å². The second kappa shape index (κ2) is 9.09. The van der Waals surface area contributed by atoms with E-state index in [1.165, 1.54) is 0 Å². The molecule has 0 saturated heterocycles. The third kappa shape index (κ3) is 4.40. The molecule has 5 nitrogen and oxygen atoms in total. The zero-order valence-electron chi connectivity index (χ0n) is 20.8. The van der Waals surface area contributed by atoms with E-state index in [2.05, 4.69) is 20.4 Å². The average molecular weight is 467 g/mol. The van der Waals surface area contributed by atoms with Crippen LogP contribution in [0.15, 0.2) is 54.1 Å². The summed E-state index contributed by atoms with van der Waals surface area (Å²) in [6, 6.07) is 9.70. The second-order valence-electron chi connectivity index (χ2n) is 11.3. The summed E-state index contributed by atoms with van der Waals surface area (Å²) < 4.78 is 5.95. The van der Waals surface area contributed by atoms with Gasteiger partial charge in [0.15, 0.2) is 5.78 Å². The SMILES string of the molecule is C=C1CC[C@H]2[C@@H](/C=C(\C)C(=O)[C@@]3(O)C[C@H](C)[C@H](O)[C@@H]3[C@H]1OC(=O)CCc1ccccc1)C2(C)C. The Balaban J connectivity index is 1.63. The number of benzene rings is 1. The molecule has 1 aromatic carbocycles. The zero-order valence-corrected chi connectivity index (χ0v) is 20.8. The van der Waals surface area contributed by atoms with Gasteiger partial charge in [0.05, 0.1) is 12.0 Å². The molecule has 2 N–H and O–H groups in total. The van der Waals surface area contributed by atoms with E-state index in [1.807, 2.05) is 43.3 Å². The highest BCUT2D eigenvalue weighted by molar-refractivity contribution is 6.02. The number of aryl methyl sites for hydroxylation is 1. The largest absolute Gasteiger partial charge is 0.457 e. The molecule has 0 aromatic heterocycles. The highest BCUT2D eigenvalue weighted by Crippen LogP contribution is 2.62. The second-order valence-corrected chi connectivity index (χ2v) is 11.3. The molecule has 2 fully saturated rings. The molecule has 0 spiro atoms. The van der Waals surface area contributed by atoms with Crippen LogP contribution in [0.25, 0.3) is 0 Å². The highest BCUT2D eigenvalue weighted by Gasteiger charge is 2.61. The minimum atomic E-state index is -1.80. The molecule has 184 valence electrons. The Morgan fingerprint density at radius 2 is 1.91 bits per heavy atom. The Kier molecular flexibility index (Phi) is 6.65. The first-order valence-corrected chi connectivity index (χ1v) is 12.5. The number of aliphatic hydroxyl groups excluding tert-OH is 1. The van der Waals surface area contributed by atoms with Crippen LogP contribution in [0.3, 0.4) is 0 Å². The average Bonchev–Trinajstić information content (AvgIpc) is 3.22. The summed E-state index contributed by atoms with van der Waals surface area (Å²) in [6.45, 7) is 12.2. The first-order chi connectivity index (χ1) is 16.0. The molecule has 2 saturated carbocycles. The molecule has 0 bridgehead atoms. The van der Waals surface area contributed by atoms with Crippen molar-refractivity contribution >= 4 is 11.8 Å². The van der Waals surface area contributed by atoms with Crippen LogP contribution < -0.4 is 0 Å². The molecule has 34 heavy (non-hydrogen) atoms. The van der Waals surface area contributed by atoms with Gasteiger partial charge in [-0.25, -0.2) is 0 Å². The lowest BCUT2D eigenvalue weighted by molar-refractivity contribution is -0.162. The normalized spacial score (nSPS) is 38.7. The van der Waals surface area contributed by atoms with Crippen molar-refractivity contribution in [3.63, 3.8) is 0 Å². The number of fused-ring (bicyclic) bond motifs is 2. The number of aliphatic hydroxyl groups is 2. The van der Waals surface area contributed by atoms with Gasteiger partial charge in [-0.05, 0) is 72.5 Å². The summed E-state index contributed by atoms with van der Waals surface area (Å²) in [6.07, 6.45) is 2.44. The molecule has 0 aliphatic heterocycles. The van der Waals surface area contributed by atoms with Gasteiger partial charge in [-0.3, -0.25) is 9.59 Å². The fourth-order valence-corrected chi connectivity index (χ4v) is 6.40. The summed E-state index contributed by atoms with van der Waals surface area (Å²) in [4.78, 5) is 26.5. The third-order valence-corrected chi connectivity index (χ3v) is 8.68. The van der Waals surface area contributed by atoms with Crippen molar-refractivity contribution in [3.8, 4) is 0 Å². The number of ketones is 1. The number of ether oxygens (including phenoxy) is 1. The van der Waals surface area contributed by atoms with E-state index in [0.29, 0.717) is 29.9 Å². The van der Waals surface area contributed by atoms with Gasteiger partial charge in [-0.15, -0.1) is 0 Å². The molecule has 1 aromatic rings. The van der Waals surface area contributed by atoms with E-state index >= 15 is 0 Å². The first-order valence-electron chi connectivity index (χ1n) is 12.5. The van der Waals surface area contributed by atoms with Gasteiger partial charge in [0.1, 0.15) is 11.7 Å². The number of allylic oxidation sites excluding steroid dienone is 1. The van der Waals surface area contributed by atoms with Crippen LogP contribution in [0.1, 0.15) is 58.9 Å². The van der Waals surface area contributed by atoms with Crippen LogP contribution in [-0.4, -0.2) is 39.8 Å². The number of rotatable bonds is 4. The molecule has 7 atom stereocenters. The number of hydrogen-bond acceptors (Lipinski definition) is 5. The predicted molar refractivity (Wildman–Crippen MR) is 131 cm³/mol. The van der Waals surface area contributed by atoms with Crippen LogP contribution >= 0.6 is 0 Å². The molecule has 4 rings (SSSR count). The Morgan fingerprint density at radius 3 is 2.59 bits per heavy atom. The van der Waals surface area contributed by atoms with Crippen LogP contribution in [0, 0.1) is 29.1 Å². The Labute approximate surface area is 202 Å². The van der Waals surface area contributed by atoms with E-state index in [-0.39, 0.29) is 35.9 Å². The number of carbonyl (C=O) groups excluding carboxylic acids is 2. The van der Waals surface area contributed by atoms with Crippen molar-refractivity contribution in [2.75, 3.05) is 0 Å². The lowest BCUT2D eigenvalue weighted by Gasteiger charge is -2.36. The molecular formula is C29H38O5. The maximum absolute atomic E-state index is 13.6. The van der Waals surface area contributed by atoms with Crippen LogP contribution in [0.5, 0.6) is 0 Å². The van der Waals surface area contributed by atoms with Gasteiger partial charge in [-0.2, -0.15) is 0 Å². The van der Waals surface area contributed by atoms with Gasteiger partial charge >= 0.3 is 5.97 Å². The smallest absolute Gasteiger partial charge is 0.306 e. The Hall–Kier alpha value is -2.24. The van der Waals surface area contributed by atoms with Crippen molar-refractivity contribution in [1.29, 1.82) is 0 Å². The molecule has 3 aliphatic rings. The summed E-state index contributed by atoms with van der Waals surface area (Å²) in [7, 11) is 0. The molecule has 0 heterocycles. The molecule has 0 radical (unpaired) electrons. The number of hydrogen-bond donors (Lipinski definition) is 2. The van der Waals surface area contributed by atoms with Gasteiger partial charge in [-0.1, -0.05) is 63.8 Å². The third-order valence-electron chi connectivity index (χ3n) is 8.68. The predicted octanol–water partition coefficient (Wildman–Crippen LogP) is 4.42. The Morgan fingerprint density at radius 1 is 1.24 bits per heavy atom. The van der Waals surface area contributed by atoms with E-state index in [0.717, 1.165) is 12.0 Å². The monoisotopic (exact) mass is 466 g/mol. The molecular weight excluding hydrogens is 428 g/mol. The van der Waals surface area contributed by atoms with Crippen LogP contribution in [0.4, 0.5) is 0 Å². The molecule has 5 heteroatoms. The minimum Gasteiger partial charge on any atom is -0.457 e. The van der Waals surface area contributed by atoms with Crippen molar-refractivity contribution in [2.45, 2.75) is 77.6 Å². The summed E-state index contributed by atoms with van der Waals surface area (Å²) in [5, 5.41) is 22.9. The fourth-order valence-electron chi connectivity index (χ4n) is 6.40. The lowest BCUT2D eigenvalue weighted by Crippen LogP contribution is -2.52. The van der Waals surface area contributed by atoms with Gasteiger partial charge in [0.25, 0.3) is 0 Å². The number of esters is 1. The standard InChI is InChI=1S/C29H38O5/c1-17-11-13-21-22(28(21,4)5)15-18(2)27(32)29(33)16-19(3)25(31)24(29)26(17)34-23(30)14-12-20-9-7-6-8-10-20/h6-10,15,19,21-22,24-26,31,33H,1,11-14,16H2,2-5H3/b18-15+/t19-,21-,22+,24+,25-,26-,29+/m0/s1. The van der Waals surface area contributed by atoms with Crippen LogP contribution in [0.2, 0.25) is 0 Å². The molecule has 0 unspecified atom stereocenters. The van der Waals surface area contributed by atoms with E-state index in [9.17, 15) is 19.8 Å². The van der Waals surface area contributed by atoms with Gasteiger partial charge < -0.3 is 14.9 Å². The van der Waals surface area contributed by atoms with Crippen molar-refractivity contribution in [1.82, 2.24) is 0 Å². The topological polar surface area (TPSA) is 83.8 Å². The first kappa shape index (κ1) is 24.9. The number of carbonyl (C=O) groups is 2. The minimum absolute atomic E-state index is 0.0768. The lowest BCUT2D eigenvalue weighted by atomic mass is 9.77. The number of Topliss-reactive ketones (excluding diaryl/α,β-unsaturated/α-hetero) is 1. The summed E-state index contributed by atoms with van der Waals surface area (Å²) in [5.74, 6) is -1.37. The van der Waals surface area contributed by atoms with E-state index in [1.54, 1.807) is 6.92 Å². The van der Waals surface area contributed by atoms with Gasteiger partial charge in [0, 0.05) is 6.42 Å². The summed E-state index contributed by atoms with van der Waals surface area (Å²) in [5.41, 5.74) is 0.498. The quantitative estimate of drug-likeness (QED) is 0.507. The van der Waals surface area contributed by atoms with Crippen molar-refractivity contribution in [3.05, 3.63) is 59.7 Å². The highest BCUT2D eigenvalue weighted by atomic mass is 16.5. The van der Waals surface area contributed by atoms with E-state index in [4.69, 9.17) is 4.74 Å². The Bertz CT molecular complexity index is 993.